The molecule has 1 aromatic carbocycles. The first kappa shape index (κ1) is 17.9. The van der Waals surface area contributed by atoms with E-state index in [1.807, 2.05) is 33.9 Å². The lowest BCUT2D eigenvalue weighted by molar-refractivity contribution is 0.349. The summed E-state index contributed by atoms with van der Waals surface area (Å²) in [5, 5.41) is 3.03. The normalized spacial score (nSPS) is 12.1. The van der Waals surface area contributed by atoms with Crippen LogP contribution in [-0.4, -0.2) is 39.5 Å². The lowest BCUT2D eigenvalue weighted by atomic mass is 10.2. The van der Waals surface area contributed by atoms with Gasteiger partial charge in [-0.25, -0.2) is 8.42 Å². The van der Waals surface area contributed by atoms with Crippen LogP contribution in [0.25, 0.3) is 0 Å². The molecule has 0 fully saturated rings. The largest absolute Gasteiger partial charge is 0.495 e. The Morgan fingerprint density at radius 1 is 1.33 bits per heavy atom. The van der Waals surface area contributed by atoms with E-state index in [2.05, 4.69) is 5.32 Å². The van der Waals surface area contributed by atoms with Gasteiger partial charge in [0.1, 0.15) is 10.6 Å². The molecule has 0 unspecified atom stereocenters. The molecule has 0 saturated carbocycles. The molecule has 0 radical (unpaired) electrons. The average molecular weight is 314 g/mol. The predicted octanol–water partition coefficient (Wildman–Crippen LogP) is 2.22. The van der Waals surface area contributed by atoms with E-state index >= 15 is 0 Å². The van der Waals surface area contributed by atoms with Gasteiger partial charge in [0.2, 0.25) is 10.0 Å². The zero-order valence-electron chi connectivity index (χ0n) is 13.5. The van der Waals surface area contributed by atoms with Crippen LogP contribution in [0.1, 0.15) is 32.8 Å². The van der Waals surface area contributed by atoms with Crippen LogP contribution in [0.5, 0.6) is 5.75 Å². The topological polar surface area (TPSA) is 58.6 Å². The van der Waals surface area contributed by atoms with Gasteiger partial charge in [-0.1, -0.05) is 13.0 Å². The molecule has 0 heterocycles. The molecule has 0 aliphatic carbocycles. The van der Waals surface area contributed by atoms with Crippen LogP contribution in [0.2, 0.25) is 0 Å². The Bertz CT molecular complexity index is 556. The highest BCUT2D eigenvalue weighted by Gasteiger charge is 2.29. The third-order valence-electron chi connectivity index (χ3n) is 3.22. The minimum Gasteiger partial charge on any atom is -0.495 e. The van der Waals surface area contributed by atoms with E-state index in [0.717, 1.165) is 12.0 Å². The van der Waals surface area contributed by atoms with Gasteiger partial charge in [-0.3, -0.25) is 0 Å². The maximum atomic E-state index is 12.9. The molecule has 120 valence electrons. The molecule has 1 N–H and O–H groups in total. The molecule has 5 nitrogen and oxygen atoms in total. The van der Waals surface area contributed by atoms with E-state index in [9.17, 15) is 8.42 Å². The van der Waals surface area contributed by atoms with Crippen molar-refractivity contribution >= 4 is 10.0 Å². The van der Waals surface area contributed by atoms with Gasteiger partial charge >= 0.3 is 0 Å². The van der Waals surface area contributed by atoms with E-state index < -0.39 is 10.0 Å². The monoisotopic (exact) mass is 314 g/mol. The lowest BCUT2D eigenvalue weighted by Gasteiger charge is -2.26. The van der Waals surface area contributed by atoms with Crippen LogP contribution < -0.4 is 10.1 Å². The average Bonchev–Trinajstić information content (AvgIpc) is 2.44. The van der Waals surface area contributed by atoms with Gasteiger partial charge in [0.25, 0.3) is 0 Å². The highest BCUT2D eigenvalue weighted by molar-refractivity contribution is 7.89. The first-order valence-corrected chi connectivity index (χ1v) is 8.65. The summed E-state index contributed by atoms with van der Waals surface area (Å²) in [6, 6.07) is 5.18. The maximum Gasteiger partial charge on any atom is 0.246 e. The van der Waals surface area contributed by atoms with Crippen LogP contribution in [0.3, 0.4) is 0 Å². The maximum absolute atomic E-state index is 12.9. The minimum atomic E-state index is -3.57. The Kier molecular flexibility index (Phi) is 6.64. The molecule has 1 rings (SSSR count). The molecule has 0 aliphatic heterocycles. The summed E-state index contributed by atoms with van der Waals surface area (Å²) in [5.41, 5.74) is 0.914. The van der Waals surface area contributed by atoms with Gasteiger partial charge in [0.15, 0.2) is 0 Å². The Hall–Kier alpha value is -1.11. The molecule has 0 aromatic heterocycles. The molecular weight excluding hydrogens is 288 g/mol. The second kappa shape index (κ2) is 7.77. The van der Waals surface area contributed by atoms with Crippen LogP contribution in [0.15, 0.2) is 23.1 Å². The number of nitrogens with one attached hydrogen (secondary N) is 1. The smallest absolute Gasteiger partial charge is 0.246 e. The third kappa shape index (κ3) is 4.18. The van der Waals surface area contributed by atoms with Gasteiger partial charge in [0.05, 0.1) is 7.11 Å². The lowest BCUT2D eigenvalue weighted by Crippen LogP contribution is -2.37. The van der Waals surface area contributed by atoms with Crippen molar-refractivity contribution in [1.29, 1.82) is 0 Å². The zero-order valence-corrected chi connectivity index (χ0v) is 14.3. The fourth-order valence-electron chi connectivity index (χ4n) is 2.24. The van der Waals surface area contributed by atoms with Crippen molar-refractivity contribution in [3.63, 3.8) is 0 Å². The third-order valence-corrected chi connectivity index (χ3v) is 5.31. The number of nitrogens with zero attached hydrogens (tertiary/aromatic N) is 1. The van der Waals surface area contributed by atoms with Gasteiger partial charge < -0.3 is 10.1 Å². The Morgan fingerprint density at radius 3 is 2.48 bits per heavy atom. The molecule has 0 aliphatic rings. The quantitative estimate of drug-likeness (QED) is 0.799. The molecule has 0 amide bonds. The van der Waals surface area contributed by atoms with Gasteiger partial charge in [-0.2, -0.15) is 4.31 Å². The highest BCUT2D eigenvalue weighted by atomic mass is 32.2. The summed E-state index contributed by atoms with van der Waals surface area (Å²) in [5.74, 6) is 0.386. The number of hydrogen-bond donors (Lipinski definition) is 1. The Balaban J connectivity index is 3.36. The number of methoxy groups -OCH3 is 1. The number of benzene rings is 1. The van der Waals surface area contributed by atoms with Crippen LogP contribution >= 0.6 is 0 Å². The van der Waals surface area contributed by atoms with Gasteiger partial charge in [0, 0.05) is 19.1 Å². The van der Waals surface area contributed by atoms with Crippen molar-refractivity contribution in [3.8, 4) is 5.75 Å². The van der Waals surface area contributed by atoms with E-state index in [1.54, 1.807) is 12.1 Å². The number of hydrogen-bond acceptors (Lipinski definition) is 4. The first-order valence-electron chi connectivity index (χ1n) is 7.21. The SMILES string of the molecule is CCCN(C(C)C)S(=O)(=O)c1cc(CNC)ccc1OC. The second-order valence-electron chi connectivity index (χ2n) is 5.23. The summed E-state index contributed by atoms with van der Waals surface area (Å²) in [6.07, 6.45) is 0.774. The molecule has 1 aromatic rings. The number of rotatable bonds is 8. The standard InChI is InChI=1S/C15H26N2O3S/c1-6-9-17(12(2)3)21(18,19)15-10-13(11-16-4)7-8-14(15)20-5/h7-8,10,12,16H,6,9,11H2,1-5H3. The molecule has 0 saturated heterocycles. The summed E-state index contributed by atoms with van der Waals surface area (Å²) in [6.45, 7) is 6.86. The molecule has 0 spiro atoms. The van der Waals surface area contributed by atoms with Crippen LogP contribution in [0, 0.1) is 0 Å². The molecule has 0 atom stereocenters. The molecule has 21 heavy (non-hydrogen) atoms. The van der Waals surface area contributed by atoms with Crippen LogP contribution in [-0.2, 0) is 16.6 Å². The number of ether oxygens (including phenoxy) is 1. The van der Waals surface area contributed by atoms with E-state index in [-0.39, 0.29) is 10.9 Å². The van der Waals surface area contributed by atoms with Crippen LogP contribution in [0.4, 0.5) is 0 Å². The van der Waals surface area contributed by atoms with Crippen molar-refractivity contribution in [2.45, 2.75) is 44.7 Å². The van der Waals surface area contributed by atoms with Gasteiger partial charge in [-0.15, -0.1) is 0 Å². The second-order valence-corrected chi connectivity index (χ2v) is 7.08. The van der Waals surface area contributed by atoms with Crippen molar-refractivity contribution in [2.24, 2.45) is 0 Å². The predicted molar refractivity (Wildman–Crippen MR) is 85.1 cm³/mol. The fraction of sp³-hybridized carbons (Fsp3) is 0.600. The van der Waals surface area contributed by atoms with E-state index in [1.165, 1.54) is 11.4 Å². The summed E-state index contributed by atoms with van der Waals surface area (Å²) >= 11 is 0. The Labute approximate surface area is 128 Å². The Morgan fingerprint density at radius 2 is 2.00 bits per heavy atom. The van der Waals surface area contributed by atoms with Crippen molar-refractivity contribution in [2.75, 3.05) is 20.7 Å². The van der Waals surface area contributed by atoms with Gasteiger partial charge in [-0.05, 0) is 45.0 Å². The summed E-state index contributed by atoms with van der Waals surface area (Å²) in [4.78, 5) is 0.236. The van der Waals surface area contributed by atoms with E-state index in [4.69, 9.17) is 4.74 Å². The highest BCUT2D eigenvalue weighted by Crippen LogP contribution is 2.29. The van der Waals surface area contributed by atoms with Crippen molar-refractivity contribution in [1.82, 2.24) is 9.62 Å². The summed E-state index contributed by atoms with van der Waals surface area (Å²) < 4.78 is 32.6. The zero-order chi connectivity index (χ0) is 16.0. The van der Waals surface area contributed by atoms with E-state index in [0.29, 0.717) is 18.8 Å². The van der Waals surface area contributed by atoms with Crippen molar-refractivity contribution < 1.29 is 13.2 Å². The number of sulfonamides is 1. The van der Waals surface area contributed by atoms with Crippen molar-refractivity contribution in [3.05, 3.63) is 23.8 Å². The molecule has 6 heteroatoms. The minimum absolute atomic E-state index is 0.0902. The molecular formula is C15H26N2O3S. The fourth-order valence-corrected chi connectivity index (χ4v) is 4.18. The first-order chi connectivity index (χ1) is 9.88. The molecule has 0 bridgehead atoms. The summed E-state index contributed by atoms with van der Waals surface area (Å²) in [7, 11) is -0.245.